The van der Waals surface area contributed by atoms with Gasteiger partial charge in [0.1, 0.15) is 11.6 Å². The summed E-state index contributed by atoms with van der Waals surface area (Å²) in [7, 11) is 0. The van der Waals surface area contributed by atoms with E-state index in [0.29, 0.717) is 11.1 Å². The molecule has 3 aromatic carbocycles. The normalized spacial score (nSPS) is 11.1. The van der Waals surface area contributed by atoms with Gasteiger partial charge < -0.3 is 10.1 Å². The summed E-state index contributed by atoms with van der Waals surface area (Å²) in [5.74, 6) is 0.503. The summed E-state index contributed by atoms with van der Waals surface area (Å²) in [5.41, 5.74) is 5.97. The number of phenols is 1. The lowest BCUT2D eigenvalue weighted by Gasteiger charge is -2.00. The third-order valence-electron chi connectivity index (χ3n) is 4.10. The lowest BCUT2D eigenvalue weighted by molar-refractivity contribution is 0.0955. The van der Waals surface area contributed by atoms with Crippen LogP contribution in [0, 0.1) is 0 Å². The Labute approximate surface area is 155 Å². The van der Waals surface area contributed by atoms with Gasteiger partial charge in [-0.25, -0.2) is 10.4 Å². The van der Waals surface area contributed by atoms with Gasteiger partial charge in [0.25, 0.3) is 5.91 Å². The van der Waals surface area contributed by atoms with Gasteiger partial charge in [-0.05, 0) is 30.3 Å². The molecule has 0 aliphatic carbocycles. The van der Waals surface area contributed by atoms with E-state index in [1.165, 1.54) is 6.21 Å². The lowest BCUT2D eigenvalue weighted by Crippen LogP contribution is -2.17. The molecule has 1 aromatic heterocycles. The van der Waals surface area contributed by atoms with Crippen LogP contribution >= 0.6 is 0 Å². The smallest absolute Gasteiger partial charge is 0.271 e. The molecule has 27 heavy (non-hydrogen) atoms. The minimum Gasteiger partial charge on any atom is -0.507 e. The monoisotopic (exact) mass is 356 g/mol. The van der Waals surface area contributed by atoms with Crippen molar-refractivity contribution < 1.29 is 9.90 Å². The Morgan fingerprint density at radius 2 is 1.81 bits per heavy atom. The highest BCUT2D eigenvalue weighted by molar-refractivity contribution is 5.98. The van der Waals surface area contributed by atoms with Gasteiger partial charge in [0, 0.05) is 16.7 Å². The number of phenolic OH excluding ortho intramolecular Hbond substituents is 1. The Kier molecular flexibility index (Phi) is 4.37. The fourth-order valence-corrected chi connectivity index (χ4v) is 2.71. The summed E-state index contributed by atoms with van der Waals surface area (Å²) >= 11 is 0. The summed E-state index contributed by atoms with van der Waals surface area (Å²) < 4.78 is 0. The van der Waals surface area contributed by atoms with Gasteiger partial charge in [0.05, 0.1) is 17.2 Å². The number of fused-ring (bicyclic) bond motifs is 1. The van der Waals surface area contributed by atoms with E-state index in [2.05, 4.69) is 20.5 Å². The van der Waals surface area contributed by atoms with E-state index in [4.69, 9.17) is 0 Å². The Morgan fingerprint density at radius 3 is 2.63 bits per heavy atom. The number of imidazole rings is 1. The van der Waals surface area contributed by atoms with Crippen molar-refractivity contribution >= 4 is 23.2 Å². The van der Waals surface area contributed by atoms with Gasteiger partial charge in [0.2, 0.25) is 0 Å². The number of hydrogen-bond donors (Lipinski definition) is 3. The molecular formula is C21H16N4O2. The highest BCUT2D eigenvalue weighted by Crippen LogP contribution is 2.21. The van der Waals surface area contributed by atoms with Crippen LogP contribution in [0.15, 0.2) is 77.9 Å². The maximum absolute atomic E-state index is 12.3. The van der Waals surface area contributed by atoms with Crippen molar-refractivity contribution in [2.75, 3.05) is 0 Å². The van der Waals surface area contributed by atoms with E-state index in [1.807, 2.05) is 30.3 Å². The number of para-hydroxylation sites is 1. The van der Waals surface area contributed by atoms with Crippen LogP contribution in [-0.4, -0.2) is 27.2 Å². The first-order valence-electron chi connectivity index (χ1n) is 8.37. The average molecular weight is 356 g/mol. The fourth-order valence-electron chi connectivity index (χ4n) is 2.71. The first kappa shape index (κ1) is 16.5. The first-order chi connectivity index (χ1) is 13.2. The fraction of sp³-hybridized carbons (Fsp3) is 0. The van der Waals surface area contributed by atoms with Crippen LogP contribution in [0.1, 0.15) is 15.9 Å². The largest absolute Gasteiger partial charge is 0.507 e. The number of carbonyl (C=O) groups is 1. The van der Waals surface area contributed by atoms with E-state index < -0.39 is 0 Å². The highest BCUT2D eigenvalue weighted by Gasteiger charge is 2.09. The molecule has 3 N–H and O–H groups in total. The number of hydrogen-bond acceptors (Lipinski definition) is 4. The van der Waals surface area contributed by atoms with Crippen LogP contribution in [0.25, 0.3) is 22.4 Å². The number of nitrogens with zero attached hydrogens (tertiary/aromatic N) is 2. The molecule has 0 atom stereocenters. The number of aromatic amines is 1. The van der Waals surface area contributed by atoms with Crippen molar-refractivity contribution in [2.24, 2.45) is 5.10 Å². The number of nitrogens with one attached hydrogen (secondary N) is 2. The number of amides is 1. The van der Waals surface area contributed by atoms with Gasteiger partial charge >= 0.3 is 0 Å². The molecule has 0 aliphatic rings. The molecule has 0 saturated carbocycles. The van der Waals surface area contributed by atoms with Gasteiger partial charge in [-0.2, -0.15) is 5.10 Å². The highest BCUT2D eigenvalue weighted by atomic mass is 16.3. The minimum atomic E-state index is -0.348. The Hall–Kier alpha value is -3.93. The first-order valence-corrected chi connectivity index (χ1v) is 8.37. The van der Waals surface area contributed by atoms with Gasteiger partial charge in [-0.1, -0.05) is 42.5 Å². The second kappa shape index (κ2) is 7.13. The standard InChI is InChI=1S/C21H16N4O2/c26-19-9-5-4-8-16(19)13-22-25-21(27)15-10-11-17-18(12-15)24-20(23-17)14-6-2-1-3-7-14/h1-13,26H,(H,23,24)(H,25,27). The van der Waals surface area contributed by atoms with E-state index >= 15 is 0 Å². The van der Waals surface area contributed by atoms with Crippen LogP contribution in [0.3, 0.4) is 0 Å². The van der Waals surface area contributed by atoms with Gasteiger partial charge in [-0.3, -0.25) is 4.79 Å². The van der Waals surface area contributed by atoms with Crippen molar-refractivity contribution in [3.8, 4) is 17.1 Å². The second-order valence-electron chi connectivity index (χ2n) is 5.94. The molecule has 0 aliphatic heterocycles. The zero-order valence-corrected chi connectivity index (χ0v) is 14.3. The van der Waals surface area contributed by atoms with E-state index in [9.17, 15) is 9.90 Å². The zero-order chi connectivity index (χ0) is 18.6. The van der Waals surface area contributed by atoms with E-state index in [-0.39, 0.29) is 11.7 Å². The number of hydrazone groups is 1. The molecule has 0 unspecified atom stereocenters. The number of H-pyrrole nitrogens is 1. The summed E-state index contributed by atoms with van der Waals surface area (Å²) in [6.45, 7) is 0. The molecule has 4 aromatic rings. The molecule has 0 radical (unpaired) electrons. The Morgan fingerprint density at radius 1 is 1.04 bits per heavy atom. The molecular weight excluding hydrogens is 340 g/mol. The number of aromatic hydroxyl groups is 1. The molecule has 0 spiro atoms. The number of carbonyl (C=O) groups excluding carboxylic acids is 1. The average Bonchev–Trinajstić information content (AvgIpc) is 3.13. The van der Waals surface area contributed by atoms with Crippen molar-refractivity contribution in [1.29, 1.82) is 0 Å². The Balaban J connectivity index is 1.53. The number of rotatable bonds is 4. The second-order valence-corrected chi connectivity index (χ2v) is 5.94. The van der Waals surface area contributed by atoms with E-state index in [1.54, 1.807) is 42.5 Å². The van der Waals surface area contributed by atoms with E-state index in [0.717, 1.165) is 22.4 Å². The third kappa shape index (κ3) is 3.55. The SMILES string of the molecule is O=C(NN=Cc1ccccc1O)c1ccc2nc(-c3ccccc3)[nH]c2c1. The van der Waals surface area contributed by atoms with Crippen molar-refractivity contribution in [3.63, 3.8) is 0 Å². The van der Waals surface area contributed by atoms with Gasteiger partial charge in [-0.15, -0.1) is 0 Å². The van der Waals surface area contributed by atoms with Crippen molar-refractivity contribution in [1.82, 2.24) is 15.4 Å². The van der Waals surface area contributed by atoms with Crippen molar-refractivity contribution in [3.05, 3.63) is 83.9 Å². The minimum absolute atomic E-state index is 0.0998. The van der Waals surface area contributed by atoms with Crippen LogP contribution in [-0.2, 0) is 0 Å². The maximum Gasteiger partial charge on any atom is 0.271 e. The van der Waals surface area contributed by atoms with Crippen LogP contribution < -0.4 is 5.43 Å². The topological polar surface area (TPSA) is 90.4 Å². The summed E-state index contributed by atoms with van der Waals surface area (Å²) in [6, 6.07) is 21.8. The van der Waals surface area contributed by atoms with Crippen molar-refractivity contribution in [2.45, 2.75) is 0 Å². The van der Waals surface area contributed by atoms with Crippen LogP contribution in [0.5, 0.6) is 5.75 Å². The molecule has 0 saturated heterocycles. The van der Waals surface area contributed by atoms with Crippen LogP contribution in [0.2, 0.25) is 0 Å². The summed E-state index contributed by atoms with van der Waals surface area (Å²) in [4.78, 5) is 20.1. The summed E-state index contributed by atoms with van der Waals surface area (Å²) in [6.07, 6.45) is 1.40. The third-order valence-corrected chi connectivity index (χ3v) is 4.10. The molecule has 1 amide bonds. The molecule has 6 heteroatoms. The van der Waals surface area contributed by atoms with Gasteiger partial charge in [0.15, 0.2) is 0 Å². The molecule has 6 nitrogen and oxygen atoms in total. The molecule has 0 bridgehead atoms. The quantitative estimate of drug-likeness (QED) is 0.385. The molecule has 132 valence electrons. The molecule has 0 fully saturated rings. The molecule has 1 heterocycles. The predicted octanol–water partition coefficient (Wildman–Crippen LogP) is 3.70. The maximum atomic E-state index is 12.3. The molecule has 4 rings (SSSR count). The Bertz CT molecular complexity index is 1130. The lowest BCUT2D eigenvalue weighted by atomic mass is 10.2. The van der Waals surface area contributed by atoms with Crippen LogP contribution in [0.4, 0.5) is 0 Å². The summed E-state index contributed by atoms with van der Waals surface area (Å²) in [5, 5.41) is 13.6. The predicted molar refractivity (Wildman–Crippen MR) is 105 cm³/mol. The number of aromatic nitrogens is 2. The number of benzene rings is 3. The zero-order valence-electron chi connectivity index (χ0n) is 14.3.